The maximum absolute atomic E-state index is 5.49. The largest absolute Gasteiger partial charge is 0.376 e. The molecular formula is C8H16NO. The molecule has 1 aliphatic heterocycles. The van der Waals surface area contributed by atoms with Crippen LogP contribution < -0.4 is 5.32 Å². The molecule has 0 bridgehead atoms. The predicted octanol–water partition coefficient (Wildman–Crippen LogP) is 0.979. The molecular weight excluding hydrogens is 126 g/mol. The lowest BCUT2D eigenvalue weighted by Crippen LogP contribution is -2.38. The van der Waals surface area contributed by atoms with Crippen molar-refractivity contribution in [1.29, 1.82) is 0 Å². The van der Waals surface area contributed by atoms with Crippen LogP contribution in [0, 0.1) is 6.42 Å². The van der Waals surface area contributed by atoms with Gasteiger partial charge in [0.05, 0.1) is 12.7 Å². The second kappa shape index (κ2) is 4.69. The van der Waals surface area contributed by atoms with Gasteiger partial charge in [-0.05, 0) is 12.8 Å². The Morgan fingerprint density at radius 2 is 2.60 bits per heavy atom. The monoisotopic (exact) mass is 142 g/mol. The van der Waals surface area contributed by atoms with Crippen LogP contribution in [0.5, 0.6) is 0 Å². The van der Waals surface area contributed by atoms with Crippen molar-refractivity contribution < 1.29 is 4.74 Å². The average Bonchev–Trinajstić information content (AvgIpc) is 2.03. The SMILES string of the molecule is CC[CH]CC1CNCCO1. The summed E-state index contributed by atoms with van der Waals surface area (Å²) in [7, 11) is 0. The van der Waals surface area contributed by atoms with Crippen LogP contribution in [0.15, 0.2) is 0 Å². The molecule has 1 unspecified atom stereocenters. The molecule has 0 aromatic heterocycles. The molecule has 0 amide bonds. The number of unbranched alkanes of at least 4 members (excludes halogenated alkanes) is 1. The van der Waals surface area contributed by atoms with E-state index in [-0.39, 0.29) is 0 Å². The normalized spacial score (nSPS) is 26.7. The molecule has 2 heteroatoms. The quantitative estimate of drug-likeness (QED) is 0.634. The Kier molecular flexibility index (Phi) is 3.76. The van der Waals surface area contributed by atoms with E-state index in [2.05, 4.69) is 18.7 Å². The summed E-state index contributed by atoms with van der Waals surface area (Å²) in [6.45, 7) is 5.08. The molecule has 1 heterocycles. The molecule has 1 rings (SSSR count). The van der Waals surface area contributed by atoms with Gasteiger partial charge in [-0.2, -0.15) is 0 Å². The minimum absolute atomic E-state index is 0.439. The highest BCUT2D eigenvalue weighted by Gasteiger charge is 2.11. The summed E-state index contributed by atoms with van der Waals surface area (Å²) < 4.78 is 5.49. The number of nitrogens with one attached hydrogen (secondary N) is 1. The van der Waals surface area contributed by atoms with Crippen LogP contribution in [0.4, 0.5) is 0 Å². The first-order chi connectivity index (χ1) is 4.93. The zero-order valence-electron chi connectivity index (χ0n) is 6.60. The van der Waals surface area contributed by atoms with E-state index in [0.29, 0.717) is 6.10 Å². The molecule has 0 saturated carbocycles. The lowest BCUT2D eigenvalue weighted by atomic mass is 10.1. The van der Waals surface area contributed by atoms with Crippen molar-refractivity contribution in [2.75, 3.05) is 19.7 Å². The van der Waals surface area contributed by atoms with Gasteiger partial charge < -0.3 is 10.1 Å². The lowest BCUT2D eigenvalue weighted by molar-refractivity contribution is 0.0283. The first-order valence-electron chi connectivity index (χ1n) is 4.07. The van der Waals surface area contributed by atoms with Crippen LogP contribution in [0.25, 0.3) is 0 Å². The molecule has 1 atom stereocenters. The fraction of sp³-hybridized carbons (Fsp3) is 0.875. The van der Waals surface area contributed by atoms with E-state index in [1.165, 1.54) is 0 Å². The zero-order chi connectivity index (χ0) is 7.23. The molecule has 1 saturated heterocycles. The van der Waals surface area contributed by atoms with Crippen LogP contribution in [0.1, 0.15) is 19.8 Å². The zero-order valence-corrected chi connectivity index (χ0v) is 6.60. The molecule has 0 spiro atoms. The van der Waals surface area contributed by atoms with Gasteiger partial charge in [-0.1, -0.05) is 13.3 Å². The number of ether oxygens (including phenoxy) is 1. The lowest BCUT2D eigenvalue weighted by Gasteiger charge is -2.23. The fourth-order valence-electron chi connectivity index (χ4n) is 1.12. The third kappa shape index (κ3) is 2.67. The van der Waals surface area contributed by atoms with Gasteiger partial charge in [0.15, 0.2) is 0 Å². The third-order valence-electron chi connectivity index (χ3n) is 1.72. The summed E-state index contributed by atoms with van der Waals surface area (Å²) in [5, 5.41) is 3.30. The highest BCUT2D eigenvalue weighted by Crippen LogP contribution is 2.04. The molecule has 1 aliphatic rings. The number of hydrogen-bond acceptors (Lipinski definition) is 2. The van der Waals surface area contributed by atoms with E-state index in [1.54, 1.807) is 0 Å². The molecule has 59 valence electrons. The Morgan fingerprint density at radius 3 is 3.20 bits per heavy atom. The van der Waals surface area contributed by atoms with Crippen molar-refractivity contribution >= 4 is 0 Å². The van der Waals surface area contributed by atoms with Gasteiger partial charge in [0.2, 0.25) is 0 Å². The van der Waals surface area contributed by atoms with Crippen molar-refractivity contribution in [3.8, 4) is 0 Å². The van der Waals surface area contributed by atoms with Crippen molar-refractivity contribution in [3.05, 3.63) is 6.42 Å². The average molecular weight is 142 g/mol. The Balaban J connectivity index is 2.02. The molecule has 0 aromatic rings. The van der Waals surface area contributed by atoms with Crippen LogP contribution in [-0.2, 0) is 4.74 Å². The van der Waals surface area contributed by atoms with Gasteiger partial charge in [0.1, 0.15) is 0 Å². The van der Waals surface area contributed by atoms with E-state index in [4.69, 9.17) is 4.74 Å². The summed E-state index contributed by atoms with van der Waals surface area (Å²) in [4.78, 5) is 0. The molecule has 0 aliphatic carbocycles. The first-order valence-corrected chi connectivity index (χ1v) is 4.07. The topological polar surface area (TPSA) is 21.3 Å². The molecule has 1 radical (unpaired) electrons. The van der Waals surface area contributed by atoms with Gasteiger partial charge in [-0.15, -0.1) is 0 Å². The van der Waals surface area contributed by atoms with Crippen molar-refractivity contribution in [1.82, 2.24) is 5.32 Å². The third-order valence-corrected chi connectivity index (χ3v) is 1.72. The van der Waals surface area contributed by atoms with Crippen LogP contribution >= 0.6 is 0 Å². The van der Waals surface area contributed by atoms with E-state index in [9.17, 15) is 0 Å². The van der Waals surface area contributed by atoms with Crippen molar-refractivity contribution in [3.63, 3.8) is 0 Å². The summed E-state index contributed by atoms with van der Waals surface area (Å²) in [5.74, 6) is 0. The Hall–Kier alpha value is -0.0800. The molecule has 0 aromatic carbocycles. The number of morpholine rings is 1. The molecule has 1 N–H and O–H groups in total. The maximum atomic E-state index is 5.49. The van der Waals surface area contributed by atoms with Crippen LogP contribution in [-0.4, -0.2) is 25.8 Å². The first kappa shape index (κ1) is 8.02. The summed E-state index contributed by atoms with van der Waals surface area (Å²) in [6.07, 6.45) is 4.97. The summed E-state index contributed by atoms with van der Waals surface area (Å²) >= 11 is 0. The second-order valence-corrected chi connectivity index (χ2v) is 2.63. The van der Waals surface area contributed by atoms with Crippen molar-refractivity contribution in [2.24, 2.45) is 0 Å². The highest BCUT2D eigenvalue weighted by atomic mass is 16.5. The van der Waals surface area contributed by atoms with Gasteiger partial charge in [0.25, 0.3) is 0 Å². The van der Waals surface area contributed by atoms with Gasteiger partial charge in [-0.3, -0.25) is 0 Å². The van der Waals surface area contributed by atoms with Crippen LogP contribution in [0.2, 0.25) is 0 Å². The van der Waals surface area contributed by atoms with Crippen LogP contribution in [0.3, 0.4) is 0 Å². The minimum Gasteiger partial charge on any atom is -0.376 e. The van der Waals surface area contributed by atoms with Gasteiger partial charge in [0, 0.05) is 13.1 Å². The predicted molar refractivity (Wildman–Crippen MR) is 41.8 cm³/mol. The smallest absolute Gasteiger partial charge is 0.0702 e. The molecule has 10 heavy (non-hydrogen) atoms. The van der Waals surface area contributed by atoms with E-state index in [1.807, 2.05) is 0 Å². The Labute approximate surface area is 63.0 Å². The standard InChI is InChI=1S/C8H16NO/c1-2-3-4-8-7-9-5-6-10-8/h3,8-9H,2,4-7H2,1H3. The highest BCUT2D eigenvalue weighted by molar-refractivity contribution is 4.74. The molecule has 2 nitrogen and oxygen atoms in total. The summed E-state index contributed by atoms with van der Waals surface area (Å²) in [5.41, 5.74) is 0. The van der Waals surface area contributed by atoms with E-state index < -0.39 is 0 Å². The van der Waals surface area contributed by atoms with Gasteiger partial charge >= 0.3 is 0 Å². The second-order valence-electron chi connectivity index (χ2n) is 2.63. The number of hydrogen-bond donors (Lipinski definition) is 1. The van der Waals surface area contributed by atoms with Gasteiger partial charge in [-0.25, -0.2) is 0 Å². The van der Waals surface area contributed by atoms with Crippen molar-refractivity contribution in [2.45, 2.75) is 25.9 Å². The number of rotatable bonds is 3. The van der Waals surface area contributed by atoms with E-state index in [0.717, 1.165) is 32.5 Å². The molecule has 1 fully saturated rings. The summed E-state index contributed by atoms with van der Waals surface area (Å²) in [6, 6.07) is 0. The Bertz CT molecular complexity index is 79.3. The maximum Gasteiger partial charge on any atom is 0.0702 e. The Morgan fingerprint density at radius 1 is 1.70 bits per heavy atom. The fourth-order valence-corrected chi connectivity index (χ4v) is 1.12. The van der Waals surface area contributed by atoms with E-state index >= 15 is 0 Å². The minimum atomic E-state index is 0.439.